The summed E-state index contributed by atoms with van der Waals surface area (Å²) < 4.78 is 42.7. The van der Waals surface area contributed by atoms with Gasteiger partial charge in [-0.1, -0.05) is 60.7 Å². The topological polar surface area (TPSA) is 69.7 Å². The Morgan fingerprint density at radius 1 is 0.947 bits per heavy atom. The van der Waals surface area contributed by atoms with Crippen molar-refractivity contribution in [1.29, 1.82) is 0 Å². The summed E-state index contributed by atoms with van der Waals surface area (Å²) in [7, 11) is -1.82. The van der Waals surface area contributed by atoms with E-state index in [4.69, 9.17) is 0 Å². The summed E-state index contributed by atoms with van der Waals surface area (Å²) in [6.45, 7) is 2.18. The number of carbonyl (C=O) groups is 1. The van der Waals surface area contributed by atoms with Gasteiger partial charge in [-0.25, -0.2) is 12.8 Å². The van der Waals surface area contributed by atoms with E-state index < -0.39 is 15.4 Å². The van der Waals surface area contributed by atoms with Crippen LogP contribution in [0.15, 0.2) is 83.8 Å². The number of piperidine rings is 1. The number of sulfonamides is 1. The lowest BCUT2D eigenvalue weighted by Gasteiger charge is -2.36. The molecule has 2 aliphatic heterocycles. The highest BCUT2D eigenvalue weighted by molar-refractivity contribution is 8.02. The fourth-order valence-corrected chi connectivity index (χ4v) is 8.35. The van der Waals surface area contributed by atoms with E-state index in [1.54, 1.807) is 30.3 Å². The molecule has 0 saturated carbocycles. The average molecular weight is 554 g/mol. The highest BCUT2D eigenvalue weighted by Crippen LogP contribution is 2.34. The van der Waals surface area contributed by atoms with Gasteiger partial charge in [-0.15, -0.1) is 11.8 Å². The third-order valence-corrected chi connectivity index (χ3v) is 10.6. The van der Waals surface area contributed by atoms with Crippen molar-refractivity contribution in [3.63, 3.8) is 0 Å². The number of benzene rings is 3. The predicted octanol–water partition coefficient (Wildman–Crippen LogP) is 4.76. The van der Waals surface area contributed by atoms with Crippen molar-refractivity contribution in [3.8, 4) is 11.1 Å². The molecular formula is C29H32FN3O3S2. The summed E-state index contributed by atoms with van der Waals surface area (Å²) in [4.78, 5) is 16.0. The number of hydrogen-bond donors (Lipinski definition) is 1. The molecule has 200 valence electrons. The van der Waals surface area contributed by atoms with Crippen LogP contribution in [0.4, 0.5) is 4.39 Å². The Kier molecular flexibility index (Phi) is 8.18. The van der Waals surface area contributed by atoms with Gasteiger partial charge in [-0.2, -0.15) is 4.31 Å². The Morgan fingerprint density at radius 2 is 1.61 bits per heavy atom. The van der Waals surface area contributed by atoms with E-state index in [1.165, 1.54) is 34.3 Å². The highest BCUT2D eigenvalue weighted by atomic mass is 32.2. The summed E-state index contributed by atoms with van der Waals surface area (Å²) in [5.74, 6) is 0.162. The van der Waals surface area contributed by atoms with Crippen LogP contribution in [-0.2, 0) is 14.8 Å². The molecule has 2 fully saturated rings. The molecule has 1 N–H and O–H groups in total. The van der Waals surface area contributed by atoms with Crippen LogP contribution in [0.2, 0.25) is 0 Å². The number of nitrogens with zero attached hydrogens (tertiary/aromatic N) is 2. The Morgan fingerprint density at radius 3 is 2.29 bits per heavy atom. The van der Waals surface area contributed by atoms with E-state index in [1.807, 2.05) is 30.3 Å². The van der Waals surface area contributed by atoms with Crippen LogP contribution in [0.25, 0.3) is 11.1 Å². The van der Waals surface area contributed by atoms with Gasteiger partial charge in [-0.3, -0.25) is 4.79 Å². The molecule has 2 saturated heterocycles. The Hall–Kier alpha value is -2.72. The number of halogens is 1. The first-order valence-corrected chi connectivity index (χ1v) is 15.4. The molecule has 6 nitrogen and oxygen atoms in total. The number of amides is 1. The zero-order valence-electron chi connectivity index (χ0n) is 21.3. The molecule has 0 bridgehead atoms. The van der Waals surface area contributed by atoms with Crippen LogP contribution < -0.4 is 5.32 Å². The molecule has 2 heterocycles. The number of thioether (sulfide) groups is 1. The third-order valence-electron chi connectivity index (χ3n) is 7.41. The number of hydrogen-bond acceptors (Lipinski definition) is 5. The highest BCUT2D eigenvalue weighted by Gasteiger charge is 2.41. The molecule has 2 atom stereocenters. The summed E-state index contributed by atoms with van der Waals surface area (Å²) in [6.07, 6.45) is 1.93. The maximum absolute atomic E-state index is 14.2. The van der Waals surface area contributed by atoms with Crippen molar-refractivity contribution in [2.45, 2.75) is 29.2 Å². The largest absolute Gasteiger partial charge is 0.347 e. The predicted molar refractivity (Wildman–Crippen MR) is 150 cm³/mol. The molecule has 9 heteroatoms. The van der Waals surface area contributed by atoms with Crippen molar-refractivity contribution in [2.24, 2.45) is 5.92 Å². The summed E-state index contributed by atoms with van der Waals surface area (Å²) in [5, 5.41) is 2.38. The number of carbonyl (C=O) groups excluding carboxylic acids is 1. The zero-order chi connectivity index (χ0) is 26.7. The molecule has 0 radical (unpaired) electrons. The van der Waals surface area contributed by atoms with Crippen LogP contribution in [0.1, 0.15) is 24.4 Å². The minimum Gasteiger partial charge on any atom is -0.347 e. The SMILES string of the molecule is CN1CCC([C@H](NC(=O)[C@@H]2SCCN2S(=O)(=O)c2ccc(-c3ccccc3F)cc2)c2ccccc2)CC1. The second-order valence-electron chi connectivity index (χ2n) is 9.88. The van der Waals surface area contributed by atoms with Gasteiger partial charge < -0.3 is 10.2 Å². The average Bonchev–Trinajstić information content (AvgIpc) is 3.45. The second kappa shape index (κ2) is 11.6. The van der Waals surface area contributed by atoms with Gasteiger partial charge in [0.1, 0.15) is 11.2 Å². The van der Waals surface area contributed by atoms with Gasteiger partial charge in [-0.05, 0) is 68.2 Å². The van der Waals surface area contributed by atoms with Crippen molar-refractivity contribution in [2.75, 3.05) is 32.4 Å². The van der Waals surface area contributed by atoms with Crippen LogP contribution in [0.5, 0.6) is 0 Å². The normalized spacial score (nSPS) is 20.3. The molecule has 3 aromatic carbocycles. The Labute approximate surface area is 228 Å². The quantitative estimate of drug-likeness (QED) is 0.457. The second-order valence-corrected chi connectivity index (χ2v) is 13.0. The first-order valence-electron chi connectivity index (χ1n) is 12.9. The third kappa shape index (κ3) is 5.66. The lowest BCUT2D eigenvalue weighted by atomic mass is 9.85. The fourth-order valence-electron chi connectivity index (χ4n) is 5.26. The standard InChI is InChI=1S/C29H32FN3O3S2/c1-32-17-15-23(16-18-32)27(22-7-3-2-4-8-22)31-28(34)29-33(19-20-37-29)38(35,36)24-13-11-21(12-14-24)25-9-5-6-10-26(25)30/h2-14,23,27,29H,15-20H2,1H3,(H,31,34)/t27-,29+/m1/s1. The molecule has 0 aliphatic carbocycles. The fraction of sp³-hybridized carbons (Fsp3) is 0.345. The smallest absolute Gasteiger partial charge is 0.249 e. The van der Waals surface area contributed by atoms with Crippen LogP contribution in [-0.4, -0.2) is 61.3 Å². The molecule has 2 aliphatic rings. The van der Waals surface area contributed by atoms with Crippen molar-refractivity contribution >= 4 is 27.7 Å². The van der Waals surface area contributed by atoms with Gasteiger partial charge in [0.15, 0.2) is 0 Å². The van der Waals surface area contributed by atoms with Gasteiger partial charge in [0, 0.05) is 17.9 Å². The first-order chi connectivity index (χ1) is 18.3. The van der Waals surface area contributed by atoms with Crippen LogP contribution in [0, 0.1) is 11.7 Å². The van der Waals surface area contributed by atoms with Crippen molar-refractivity contribution in [3.05, 3.63) is 90.2 Å². The molecule has 38 heavy (non-hydrogen) atoms. The lowest BCUT2D eigenvalue weighted by Crippen LogP contribution is -2.47. The zero-order valence-corrected chi connectivity index (χ0v) is 22.9. The number of nitrogens with one attached hydrogen (secondary N) is 1. The Bertz CT molecular complexity index is 1360. The van der Waals surface area contributed by atoms with Crippen LogP contribution >= 0.6 is 11.8 Å². The summed E-state index contributed by atoms with van der Waals surface area (Å²) in [6, 6.07) is 22.3. The van der Waals surface area contributed by atoms with E-state index >= 15 is 0 Å². The minimum atomic E-state index is -3.92. The summed E-state index contributed by atoms with van der Waals surface area (Å²) in [5.41, 5.74) is 2.04. The van der Waals surface area contributed by atoms with E-state index in [9.17, 15) is 17.6 Å². The summed E-state index contributed by atoms with van der Waals surface area (Å²) >= 11 is 1.34. The minimum absolute atomic E-state index is 0.0906. The van der Waals surface area contributed by atoms with Crippen LogP contribution in [0.3, 0.4) is 0 Å². The van der Waals surface area contributed by atoms with Gasteiger partial charge in [0.25, 0.3) is 0 Å². The van der Waals surface area contributed by atoms with E-state index in [0.717, 1.165) is 31.5 Å². The maximum Gasteiger partial charge on any atom is 0.249 e. The Balaban J connectivity index is 1.35. The van der Waals surface area contributed by atoms with Crippen molar-refractivity contribution < 1.29 is 17.6 Å². The monoisotopic (exact) mass is 553 g/mol. The number of rotatable bonds is 7. The van der Waals surface area contributed by atoms with Gasteiger partial charge in [0.2, 0.25) is 15.9 Å². The molecule has 0 spiro atoms. The van der Waals surface area contributed by atoms with E-state index in [-0.39, 0.29) is 35.1 Å². The van der Waals surface area contributed by atoms with E-state index in [2.05, 4.69) is 17.3 Å². The molecule has 0 unspecified atom stereocenters. The van der Waals surface area contributed by atoms with Gasteiger partial charge >= 0.3 is 0 Å². The van der Waals surface area contributed by atoms with E-state index in [0.29, 0.717) is 16.9 Å². The molecular weight excluding hydrogens is 521 g/mol. The molecule has 5 rings (SSSR count). The molecule has 0 aromatic heterocycles. The molecule has 1 amide bonds. The van der Waals surface area contributed by atoms with Gasteiger partial charge in [0.05, 0.1) is 10.9 Å². The van der Waals surface area contributed by atoms with Crippen molar-refractivity contribution in [1.82, 2.24) is 14.5 Å². The number of likely N-dealkylation sites (tertiary alicyclic amines) is 1. The molecule has 3 aromatic rings. The lowest BCUT2D eigenvalue weighted by molar-refractivity contribution is -0.123. The maximum atomic E-state index is 14.2. The first kappa shape index (κ1) is 26.9.